The molecule has 0 bridgehead atoms. The molecule has 28 heavy (non-hydrogen) atoms. The molecule has 2 heterocycles. The summed E-state index contributed by atoms with van der Waals surface area (Å²) in [6.07, 6.45) is 0. The van der Waals surface area contributed by atoms with Crippen LogP contribution in [-0.4, -0.2) is 41.1 Å². The lowest BCUT2D eigenvalue weighted by molar-refractivity contribution is 0.288. The predicted molar refractivity (Wildman–Crippen MR) is 114 cm³/mol. The molecule has 3 rings (SSSR count). The second-order valence-corrected chi connectivity index (χ2v) is 7.82. The van der Waals surface area contributed by atoms with Crippen LogP contribution in [0.3, 0.4) is 0 Å². The lowest BCUT2D eigenvalue weighted by Gasteiger charge is -2.17. The van der Waals surface area contributed by atoms with Gasteiger partial charge in [-0.15, -0.1) is 11.3 Å². The van der Waals surface area contributed by atoms with Crippen LogP contribution in [0.15, 0.2) is 24.3 Å². The van der Waals surface area contributed by atoms with E-state index in [0.29, 0.717) is 13.2 Å². The van der Waals surface area contributed by atoms with Crippen molar-refractivity contribution in [3.63, 3.8) is 0 Å². The molecule has 0 aliphatic rings. The molecule has 0 radical (unpaired) electrons. The Balaban J connectivity index is 1.77. The lowest BCUT2D eigenvalue weighted by atomic mass is 10.2. The molecule has 0 saturated carbocycles. The van der Waals surface area contributed by atoms with Gasteiger partial charge >= 0.3 is 0 Å². The molecular weight excluding hydrogens is 375 g/mol. The Kier molecular flexibility index (Phi) is 6.80. The number of benzene rings is 1. The van der Waals surface area contributed by atoms with Crippen LogP contribution in [0.2, 0.25) is 0 Å². The van der Waals surface area contributed by atoms with Gasteiger partial charge in [-0.1, -0.05) is 26.0 Å². The first-order chi connectivity index (χ1) is 13.5. The molecule has 0 aliphatic carbocycles. The van der Waals surface area contributed by atoms with Crippen LogP contribution in [0, 0.1) is 19.7 Å². The van der Waals surface area contributed by atoms with Gasteiger partial charge in [0.1, 0.15) is 23.1 Å². The van der Waals surface area contributed by atoms with Crippen LogP contribution in [0.4, 0.5) is 10.2 Å². The molecule has 0 spiro atoms. The summed E-state index contributed by atoms with van der Waals surface area (Å²) in [5, 5.41) is 4.44. The highest BCUT2D eigenvalue weighted by Gasteiger charge is 2.15. The summed E-state index contributed by atoms with van der Waals surface area (Å²) < 4.78 is 19.2. The van der Waals surface area contributed by atoms with Gasteiger partial charge in [0, 0.05) is 4.88 Å². The number of fused-ring (bicyclic) bond motifs is 1. The third kappa shape index (κ3) is 4.59. The Labute approximate surface area is 169 Å². The smallest absolute Gasteiger partial charge is 0.165 e. The maximum absolute atomic E-state index is 13.7. The number of nitrogens with one attached hydrogen (secondary N) is 1. The van der Waals surface area contributed by atoms with Crippen molar-refractivity contribution in [3.05, 3.63) is 46.3 Å². The molecule has 0 unspecified atom stereocenters. The van der Waals surface area contributed by atoms with Gasteiger partial charge in [-0.3, -0.25) is 4.90 Å². The van der Waals surface area contributed by atoms with Crippen molar-refractivity contribution in [2.45, 2.75) is 34.2 Å². The molecule has 0 atom stereocenters. The van der Waals surface area contributed by atoms with Crippen LogP contribution >= 0.6 is 11.3 Å². The van der Waals surface area contributed by atoms with E-state index in [1.807, 2.05) is 0 Å². The van der Waals surface area contributed by atoms with Crippen molar-refractivity contribution in [1.82, 2.24) is 14.9 Å². The van der Waals surface area contributed by atoms with Crippen LogP contribution in [-0.2, 0) is 6.54 Å². The lowest BCUT2D eigenvalue weighted by Crippen LogP contribution is -2.24. The van der Waals surface area contributed by atoms with E-state index in [-0.39, 0.29) is 11.6 Å². The molecule has 0 fully saturated rings. The molecule has 7 heteroatoms. The summed E-state index contributed by atoms with van der Waals surface area (Å²) in [5.74, 6) is 1.56. The molecule has 1 aromatic carbocycles. The predicted octanol–water partition coefficient (Wildman–Crippen LogP) is 4.78. The number of hydrogen-bond acceptors (Lipinski definition) is 6. The number of hydrogen-bond donors (Lipinski definition) is 1. The second kappa shape index (κ2) is 9.30. The van der Waals surface area contributed by atoms with E-state index in [4.69, 9.17) is 14.7 Å². The normalized spacial score (nSPS) is 11.4. The van der Waals surface area contributed by atoms with Crippen LogP contribution in [0.1, 0.15) is 30.1 Å². The maximum atomic E-state index is 13.7. The van der Waals surface area contributed by atoms with Gasteiger partial charge < -0.3 is 10.1 Å². The summed E-state index contributed by atoms with van der Waals surface area (Å²) in [6.45, 7) is 12.0. The Bertz CT molecular complexity index is 940. The topological polar surface area (TPSA) is 50.3 Å². The van der Waals surface area contributed by atoms with E-state index < -0.39 is 0 Å². The number of nitrogens with zero attached hydrogens (tertiary/aromatic N) is 3. The van der Waals surface area contributed by atoms with E-state index in [1.165, 1.54) is 16.5 Å². The van der Waals surface area contributed by atoms with E-state index in [0.717, 1.165) is 41.5 Å². The van der Waals surface area contributed by atoms with Crippen molar-refractivity contribution in [2.75, 3.05) is 31.6 Å². The van der Waals surface area contributed by atoms with Crippen molar-refractivity contribution in [2.24, 2.45) is 0 Å². The Morgan fingerprint density at radius 2 is 1.89 bits per heavy atom. The zero-order valence-electron chi connectivity index (χ0n) is 16.9. The highest BCUT2D eigenvalue weighted by atomic mass is 32.1. The van der Waals surface area contributed by atoms with Gasteiger partial charge in [0.25, 0.3) is 0 Å². The van der Waals surface area contributed by atoms with Gasteiger partial charge in [0.05, 0.1) is 18.5 Å². The number of aromatic nitrogens is 2. The molecule has 1 N–H and O–H groups in total. The zero-order chi connectivity index (χ0) is 20.1. The minimum Gasteiger partial charge on any atom is -0.489 e. The fourth-order valence-electron chi connectivity index (χ4n) is 3.03. The van der Waals surface area contributed by atoms with E-state index in [9.17, 15) is 4.39 Å². The standard InChI is InChI=1S/C21H27FN4OS/c1-5-26(6-2)13-18-24-20(19-14(3)15(4)28-21(19)25-18)23-11-12-27-17-10-8-7-9-16(17)22/h7-10H,5-6,11-13H2,1-4H3,(H,23,24,25). The number of para-hydroxylation sites is 1. The first-order valence-corrected chi connectivity index (χ1v) is 10.4. The summed E-state index contributed by atoms with van der Waals surface area (Å²) in [4.78, 5) is 14.1. The van der Waals surface area contributed by atoms with Gasteiger partial charge in [-0.2, -0.15) is 0 Å². The van der Waals surface area contributed by atoms with Crippen LogP contribution in [0.25, 0.3) is 10.2 Å². The third-order valence-electron chi connectivity index (χ3n) is 4.82. The van der Waals surface area contributed by atoms with Gasteiger partial charge in [-0.05, 0) is 44.6 Å². The highest BCUT2D eigenvalue weighted by Crippen LogP contribution is 2.33. The van der Waals surface area contributed by atoms with E-state index >= 15 is 0 Å². The molecular formula is C21H27FN4OS. The minimum atomic E-state index is -0.349. The highest BCUT2D eigenvalue weighted by molar-refractivity contribution is 7.18. The summed E-state index contributed by atoms with van der Waals surface area (Å²) in [7, 11) is 0. The fourth-order valence-corrected chi connectivity index (χ4v) is 4.08. The van der Waals surface area contributed by atoms with Crippen molar-refractivity contribution in [1.29, 1.82) is 0 Å². The average Bonchev–Trinajstić information content (AvgIpc) is 2.98. The fraction of sp³-hybridized carbons (Fsp3) is 0.429. The molecule has 2 aromatic heterocycles. The Morgan fingerprint density at radius 3 is 2.61 bits per heavy atom. The molecule has 0 aliphatic heterocycles. The summed E-state index contributed by atoms with van der Waals surface area (Å²) in [5.41, 5.74) is 1.20. The second-order valence-electron chi connectivity index (χ2n) is 6.62. The first kappa shape index (κ1) is 20.5. The van der Waals surface area contributed by atoms with Crippen LogP contribution in [0.5, 0.6) is 5.75 Å². The summed E-state index contributed by atoms with van der Waals surface area (Å²) >= 11 is 1.70. The number of ether oxygens (including phenoxy) is 1. The van der Waals surface area contributed by atoms with E-state index in [1.54, 1.807) is 29.5 Å². The number of aryl methyl sites for hydroxylation is 2. The SMILES string of the molecule is CCN(CC)Cc1nc(NCCOc2ccccc2F)c2c(C)c(C)sc2n1. The van der Waals surface area contributed by atoms with Gasteiger partial charge in [0.2, 0.25) is 0 Å². The molecule has 5 nitrogen and oxygen atoms in total. The number of halogens is 1. The minimum absolute atomic E-state index is 0.266. The first-order valence-electron chi connectivity index (χ1n) is 9.63. The average molecular weight is 403 g/mol. The Morgan fingerprint density at radius 1 is 1.14 bits per heavy atom. The molecule has 150 valence electrons. The quantitative estimate of drug-likeness (QED) is 0.522. The zero-order valence-corrected chi connectivity index (χ0v) is 17.7. The van der Waals surface area contributed by atoms with Crippen molar-refractivity contribution >= 4 is 27.4 Å². The van der Waals surface area contributed by atoms with E-state index in [2.05, 4.69) is 37.9 Å². The van der Waals surface area contributed by atoms with Gasteiger partial charge in [0.15, 0.2) is 11.6 Å². The number of thiophene rings is 1. The molecule has 3 aromatic rings. The van der Waals surface area contributed by atoms with Crippen molar-refractivity contribution in [3.8, 4) is 5.75 Å². The molecule has 0 saturated heterocycles. The van der Waals surface area contributed by atoms with Crippen LogP contribution < -0.4 is 10.1 Å². The Hall–Kier alpha value is -2.25. The number of rotatable bonds is 9. The van der Waals surface area contributed by atoms with Crippen molar-refractivity contribution < 1.29 is 9.13 Å². The van der Waals surface area contributed by atoms with Gasteiger partial charge in [-0.25, -0.2) is 14.4 Å². The maximum Gasteiger partial charge on any atom is 0.165 e. The summed E-state index contributed by atoms with van der Waals surface area (Å²) in [6, 6.07) is 6.44. The largest absolute Gasteiger partial charge is 0.489 e. The number of anilines is 1. The molecule has 0 amide bonds. The monoisotopic (exact) mass is 402 g/mol. The third-order valence-corrected chi connectivity index (χ3v) is 5.92.